The Kier molecular flexibility index (Phi) is 4.98. The zero-order chi connectivity index (χ0) is 19.5. The van der Waals surface area contributed by atoms with Crippen molar-refractivity contribution in [2.75, 3.05) is 13.3 Å². The molecule has 0 bridgehead atoms. The summed E-state index contributed by atoms with van der Waals surface area (Å²) in [6.07, 6.45) is 0. The van der Waals surface area contributed by atoms with E-state index in [4.69, 9.17) is 13.9 Å². The van der Waals surface area contributed by atoms with Crippen LogP contribution in [-0.2, 0) is 11.3 Å². The number of nitrogens with zero attached hydrogens (tertiary/aromatic N) is 1. The first-order valence-electron chi connectivity index (χ1n) is 8.54. The Labute approximate surface area is 164 Å². The number of carbonyl (C=O) groups excluding carboxylic acids is 2. The van der Waals surface area contributed by atoms with Crippen LogP contribution in [-0.4, -0.2) is 30.1 Å². The summed E-state index contributed by atoms with van der Waals surface area (Å²) < 4.78 is 16.1. The molecule has 0 unspecified atom stereocenters. The van der Waals surface area contributed by atoms with E-state index < -0.39 is 0 Å². The number of furan rings is 1. The maximum absolute atomic E-state index is 12.2. The molecule has 3 heterocycles. The van der Waals surface area contributed by atoms with E-state index in [9.17, 15) is 9.59 Å². The van der Waals surface area contributed by atoms with E-state index in [0.717, 1.165) is 10.7 Å². The van der Waals surface area contributed by atoms with Crippen LogP contribution in [0.3, 0.4) is 0 Å². The van der Waals surface area contributed by atoms with Gasteiger partial charge in [-0.3, -0.25) is 9.59 Å². The summed E-state index contributed by atoms with van der Waals surface area (Å²) >= 11 is 1.54. The number of carbonyl (C=O) groups is 2. The molecule has 0 aliphatic carbocycles. The topological polar surface area (TPSA) is 103 Å². The van der Waals surface area contributed by atoms with Crippen LogP contribution in [0.15, 0.2) is 40.1 Å². The van der Waals surface area contributed by atoms with Crippen LogP contribution in [0.1, 0.15) is 21.1 Å². The molecule has 3 aromatic rings. The third-order valence-electron chi connectivity index (χ3n) is 4.04. The lowest BCUT2D eigenvalue weighted by Crippen LogP contribution is -2.36. The van der Waals surface area contributed by atoms with Gasteiger partial charge < -0.3 is 24.5 Å². The largest absolute Gasteiger partial charge is 0.458 e. The molecule has 8 nitrogen and oxygen atoms in total. The minimum atomic E-state index is -0.368. The number of benzene rings is 1. The highest BCUT2D eigenvalue weighted by Gasteiger charge is 2.16. The third kappa shape index (κ3) is 3.99. The number of hydrogen-bond acceptors (Lipinski definition) is 7. The molecule has 2 amide bonds. The molecule has 0 radical (unpaired) electrons. The summed E-state index contributed by atoms with van der Waals surface area (Å²) in [5, 5.41) is 8.16. The van der Waals surface area contributed by atoms with E-state index >= 15 is 0 Å². The Morgan fingerprint density at radius 3 is 2.82 bits per heavy atom. The van der Waals surface area contributed by atoms with Crippen molar-refractivity contribution in [1.29, 1.82) is 0 Å². The summed E-state index contributed by atoms with van der Waals surface area (Å²) in [6, 6.07) is 8.47. The van der Waals surface area contributed by atoms with Gasteiger partial charge in [0.1, 0.15) is 11.5 Å². The molecule has 0 atom stereocenters. The maximum Gasteiger partial charge on any atom is 0.251 e. The minimum absolute atomic E-state index is 0.138. The Morgan fingerprint density at radius 1 is 1.14 bits per heavy atom. The number of amides is 2. The second-order valence-corrected chi connectivity index (χ2v) is 7.11. The fourth-order valence-electron chi connectivity index (χ4n) is 2.64. The van der Waals surface area contributed by atoms with Gasteiger partial charge in [0.25, 0.3) is 5.91 Å². The number of hydrogen-bond donors (Lipinski definition) is 2. The van der Waals surface area contributed by atoms with Gasteiger partial charge in [-0.2, -0.15) is 0 Å². The molecule has 1 aromatic carbocycles. The lowest BCUT2D eigenvalue weighted by atomic mass is 10.2. The van der Waals surface area contributed by atoms with E-state index in [1.54, 1.807) is 35.6 Å². The highest BCUT2D eigenvalue weighted by Crippen LogP contribution is 2.32. The van der Waals surface area contributed by atoms with Crippen molar-refractivity contribution in [2.45, 2.75) is 13.5 Å². The van der Waals surface area contributed by atoms with E-state index in [-0.39, 0.29) is 31.7 Å². The molecular formula is C19H17N3O5S. The van der Waals surface area contributed by atoms with Gasteiger partial charge in [-0.05, 0) is 37.3 Å². The summed E-state index contributed by atoms with van der Waals surface area (Å²) in [7, 11) is 0. The predicted molar refractivity (Wildman–Crippen MR) is 101 cm³/mol. The Morgan fingerprint density at radius 2 is 2.00 bits per heavy atom. The molecule has 0 saturated heterocycles. The van der Waals surface area contributed by atoms with Gasteiger partial charge in [0.15, 0.2) is 17.3 Å². The number of thiazole rings is 1. The molecule has 2 N–H and O–H groups in total. The second-order valence-electron chi connectivity index (χ2n) is 6.05. The van der Waals surface area contributed by atoms with Crippen molar-refractivity contribution in [3.63, 3.8) is 0 Å². The number of fused-ring (bicyclic) bond motifs is 1. The van der Waals surface area contributed by atoms with Gasteiger partial charge in [-0.15, -0.1) is 11.3 Å². The number of rotatable bonds is 6. The molecule has 144 valence electrons. The molecule has 28 heavy (non-hydrogen) atoms. The summed E-state index contributed by atoms with van der Waals surface area (Å²) in [5.74, 6) is 1.69. The van der Waals surface area contributed by atoms with E-state index in [0.29, 0.717) is 28.6 Å². The van der Waals surface area contributed by atoms with Gasteiger partial charge >= 0.3 is 0 Å². The van der Waals surface area contributed by atoms with E-state index in [2.05, 4.69) is 15.6 Å². The van der Waals surface area contributed by atoms with Crippen molar-refractivity contribution < 1.29 is 23.5 Å². The van der Waals surface area contributed by atoms with Crippen LogP contribution >= 0.6 is 11.3 Å². The number of ether oxygens (including phenoxy) is 2. The number of aromatic nitrogens is 1. The Hall–Kier alpha value is -3.33. The molecular weight excluding hydrogens is 382 g/mol. The second kappa shape index (κ2) is 7.73. The van der Waals surface area contributed by atoms with Crippen molar-refractivity contribution in [3.05, 3.63) is 52.0 Å². The lowest BCUT2D eigenvalue weighted by molar-refractivity contribution is -0.120. The van der Waals surface area contributed by atoms with Crippen LogP contribution in [0, 0.1) is 6.92 Å². The quantitative estimate of drug-likeness (QED) is 0.660. The maximum atomic E-state index is 12.2. The van der Waals surface area contributed by atoms with Crippen molar-refractivity contribution in [2.24, 2.45) is 0 Å². The van der Waals surface area contributed by atoms with Crippen molar-refractivity contribution >= 4 is 23.2 Å². The first-order valence-corrected chi connectivity index (χ1v) is 9.42. The van der Waals surface area contributed by atoms with Crippen LogP contribution in [0.25, 0.3) is 11.5 Å². The smallest absolute Gasteiger partial charge is 0.251 e. The molecule has 0 spiro atoms. The van der Waals surface area contributed by atoms with Gasteiger partial charge in [-0.25, -0.2) is 4.98 Å². The summed E-state index contributed by atoms with van der Waals surface area (Å²) in [4.78, 5) is 28.5. The molecule has 0 saturated carbocycles. The number of aryl methyl sites for hydroxylation is 1. The normalized spacial score (nSPS) is 12.0. The third-order valence-corrected chi connectivity index (χ3v) is 4.81. The zero-order valence-corrected chi connectivity index (χ0v) is 15.8. The first kappa shape index (κ1) is 18.1. The predicted octanol–water partition coefficient (Wildman–Crippen LogP) is 2.49. The van der Waals surface area contributed by atoms with Crippen molar-refractivity contribution in [3.8, 4) is 23.0 Å². The van der Waals surface area contributed by atoms with Crippen LogP contribution < -0.4 is 20.1 Å². The van der Waals surface area contributed by atoms with Gasteiger partial charge in [0, 0.05) is 10.9 Å². The highest BCUT2D eigenvalue weighted by molar-refractivity contribution is 7.09. The van der Waals surface area contributed by atoms with Crippen molar-refractivity contribution in [1.82, 2.24) is 15.6 Å². The van der Waals surface area contributed by atoms with Gasteiger partial charge in [0.2, 0.25) is 12.7 Å². The fourth-order valence-corrected chi connectivity index (χ4v) is 3.24. The summed E-state index contributed by atoms with van der Waals surface area (Å²) in [6.45, 7) is 2.14. The minimum Gasteiger partial charge on any atom is -0.458 e. The fraction of sp³-hybridized carbons (Fsp3) is 0.211. The zero-order valence-electron chi connectivity index (χ0n) is 15.0. The molecule has 4 rings (SSSR count). The molecule has 0 fully saturated rings. The molecule has 1 aliphatic rings. The van der Waals surface area contributed by atoms with E-state index in [1.807, 2.05) is 18.4 Å². The van der Waals surface area contributed by atoms with Crippen LogP contribution in [0.5, 0.6) is 11.5 Å². The van der Waals surface area contributed by atoms with E-state index in [1.165, 1.54) is 0 Å². The van der Waals surface area contributed by atoms with Crippen LogP contribution in [0.4, 0.5) is 0 Å². The monoisotopic (exact) mass is 399 g/mol. The van der Waals surface area contributed by atoms with Gasteiger partial charge in [0.05, 0.1) is 18.1 Å². The van der Waals surface area contributed by atoms with Gasteiger partial charge in [-0.1, -0.05) is 0 Å². The first-order chi connectivity index (χ1) is 13.6. The molecule has 9 heteroatoms. The average molecular weight is 399 g/mol. The summed E-state index contributed by atoms with van der Waals surface area (Å²) in [5.41, 5.74) is 1.17. The average Bonchev–Trinajstić information content (AvgIpc) is 3.43. The SMILES string of the molecule is Cc1nc(-c2ccc(CNC(=O)CNC(=O)c3ccc4c(c3)OCO4)o2)cs1. The lowest BCUT2D eigenvalue weighted by Gasteiger charge is -2.06. The molecule has 2 aromatic heterocycles. The Bertz CT molecular complexity index is 1030. The highest BCUT2D eigenvalue weighted by atomic mass is 32.1. The Balaban J connectivity index is 1.26. The standard InChI is InChI=1S/C19H17N3O5S/c1-11-22-14(9-28-11)15-5-3-13(27-15)7-20-18(23)8-21-19(24)12-2-4-16-17(6-12)26-10-25-16/h2-6,9H,7-8,10H2,1H3,(H,20,23)(H,21,24). The number of nitrogens with one attached hydrogen (secondary N) is 2. The van der Waals surface area contributed by atoms with Crippen LogP contribution in [0.2, 0.25) is 0 Å². The molecule has 1 aliphatic heterocycles.